The second kappa shape index (κ2) is 5.93. The fourth-order valence-corrected chi connectivity index (χ4v) is 2.54. The minimum Gasteiger partial charge on any atom is -0.486 e. The van der Waals surface area contributed by atoms with Crippen molar-refractivity contribution in [3.63, 3.8) is 0 Å². The Morgan fingerprint density at radius 2 is 1.76 bits per heavy atom. The van der Waals surface area contributed by atoms with E-state index < -0.39 is 11.4 Å². The molecule has 21 heavy (non-hydrogen) atoms. The molecule has 0 saturated heterocycles. The van der Waals surface area contributed by atoms with Crippen LogP contribution >= 0.6 is 11.6 Å². The van der Waals surface area contributed by atoms with Crippen molar-refractivity contribution in [2.45, 2.75) is 26.7 Å². The number of Topliss-reactive ketones (excluding diaryl/α,β-unsaturated/α-hetero) is 1. The lowest BCUT2D eigenvalue weighted by Gasteiger charge is -2.23. The van der Waals surface area contributed by atoms with Gasteiger partial charge in [-0.2, -0.15) is 0 Å². The molecule has 0 fully saturated rings. The third kappa shape index (κ3) is 3.88. The molecule has 0 spiro atoms. The molecule has 0 atom stereocenters. The van der Waals surface area contributed by atoms with Gasteiger partial charge in [-0.05, 0) is 11.5 Å². The lowest BCUT2D eigenvalue weighted by Crippen LogP contribution is -2.21. The van der Waals surface area contributed by atoms with Crippen LogP contribution < -0.4 is 9.47 Å². The summed E-state index contributed by atoms with van der Waals surface area (Å²) < 4.78 is 10.8. The number of halogens is 1. The molecule has 0 amide bonds. The van der Waals surface area contributed by atoms with Gasteiger partial charge >= 0.3 is 5.97 Å². The first kappa shape index (κ1) is 15.6. The van der Waals surface area contributed by atoms with Crippen molar-refractivity contribution in [1.29, 1.82) is 0 Å². The summed E-state index contributed by atoms with van der Waals surface area (Å²) in [6.07, 6.45) is 0.0135. The van der Waals surface area contributed by atoms with Gasteiger partial charge in [-0.15, -0.1) is 0 Å². The highest BCUT2D eigenvalue weighted by Crippen LogP contribution is 2.37. The number of aliphatic carboxylic acids is 1. The van der Waals surface area contributed by atoms with Crippen molar-refractivity contribution >= 4 is 23.4 Å². The maximum Gasteiger partial charge on any atom is 0.303 e. The fourth-order valence-electron chi connectivity index (χ4n) is 2.28. The number of carboxylic acid groups (broad SMARTS) is 1. The Kier molecular flexibility index (Phi) is 4.42. The maximum atomic E-state index is 12.4. The molecule has 114 valence electrons. The molecule has 1 aromatic rings. The highest BCUT2D eigenvalue weighted by molar-refractivity contribution is 6.34. The Hall–Kier alpha value is -1.75. The van der Waals surface area contributed by atoms with E-state index in [1.54, 1.807) is 26.0 Å². The zero-order valence-electron chi connectivity index (χ0n) is 11.9. The second-order valence-electron chi connectivity index (χ2n) is 5.81. The second-order valence-corrected chi connectivity index (χ2v) is 6.22. The quantitative estimate of drug-likeness (QED) is 0.845. The fraction of sp³-hybridized carbons (Fsp3) is 0.467. The number of fused-ring (bicyclic) bond motifs is 1. The van der Waals surface area contributed by atoms with E-state index in [4.69, 9.17) is 26.2 Å². The normalized spacial score (nSPS) is 13.9. The Morgan fingerprint density at radius 1 is 1.19 bits per heavy atom. The summed E-state index contributed by atoms with van der Waals surface area (Å²) in [6, 6.07) is 3.13. The number of carbonyl (C=O) groups excluding carboxylic acids is 1. The van der Waals surface area contributed by atoms with Crippen LogP contribution in [0.3, 0.4) is 0 Å². The van der Waals surface area contributed by atoms with Crippen LogP contribution in [-0.4, -0.2) is 30.1 Å². The van der Waals surface area contributed by atoms with Crippen LogP contribution in [0.15, 0.2) is 12.1 Å². The van der Waals surface area contributed by atoms with Gasteiger partial charge < -0.3 is 14.6 Å². The Balaban J connectivity index is 2.21. The molecular formula is C15H17ClO5. The maximum absolute atomic E-state index is 12.4. The highest BCUT2D eigenvalue weighted by atomic mass is 35.5. The monoisotopic (exact) mass is 312 g/mol. The average Bonchev–Trinajstić information content (AvgIpc) is 2.35. The largest absolute Gasteiger partial charge is 0.486 e. The highest BCUT2D eigenvalue weighted by Gasteiger charge is 2.27. The zero-order valence-corrected chi connectivity index (χ0v) is 12.7. The zero-order chi connectivity index (χ0) is 15.6. The standard InChI is InChI=1S/C15H17ClO5/c1-15(2,8-14(18)19)7-11(17)9-5-12-13(6-10(9)16)21-4-3-20-12/h5-6H,3-4,7-8H2,1-2H3,(H,18,19). The minimum atomic E-state index is -0.930. The number of carbonyl (C=O) groups is 2. The van der Waals surface area contributed by atoms with Crippen LogP contribution in [0.25, 0.3) is 0 Å². The molecule has 0 saturated carbocycles. The van der Waals surface area contributed by atoms with Crippen LogP contribution in [0, 0.1) is 5.41 Å². The molecule has 6 heteroatoms. The smallest absolute Gasteiger partial charge is 0.303 e. The van der Waals surface area contributed by atoms with E-state index in [1.165, 1.54) is 0 Å². The van der Waals surface area contributed by atoms with E-state index in [1.807, 2.05) is 0 Å². The number of ether oxygens (including phenoxy) is 2. The van der Waals surface area contributed by atoms with Crippen LogP contribution in [0.2, 0.25) is 5.02 Å². The molecule has 1 aliphatic rings. The van der Waals surface area contributed by atoms with Crippen LogP contribution in [0.1, 0.15) is 37.0 Å². The summed E-state index contributed by atoms with van der Waals surface area (Å²) in [5.74, 6) is -0.123. The molecule has 2 rings (SSSR count). The van der Waals surface area contributed by atoms with Gasteiger partial charge in [-0.3, -0.25) is 9.59 Å². The van der Waals surface area contributed by atoms with Crippen LogP contribution in [-0.2, 0) is 4.79 Å². The van der Waals surface area contributed by atoms with E-state index in [0.29, 0.717) is 30.3 Å². The first-order valence-electron chi connectivity index (χ1n) is 6.63. The Morgan fingerprint density at radius 3 is 2.33 bits per heavy atom. The molecule has 1 N–H and O–H groups in total. The third-order valence-corrected chi connectivity index (χ3v) is 3.51. The number of rotatable bonds is 5. The van der Waals surface area contributed by atoms with Gasteiger partial charge in [0, 0.05) is 18.1 Å². The first-order chi connectivity index (χ1) is 9.78. The van der Waals surface area contributed by atoms with Crippen LogP contribution in [0.5, 0.6) is 11.5 Å². The molecule has 1 aromatic carbocycles. The summed E-state index contributed by atoms with van der Waals surface area (Å²) in [7, 11) is 0. The van der Waals surface area contributed by atoms with Gasteiger partial charge in [0.1, 0.15) is 13.2 Å². The molecule has 0 aromatic heterocycles. The third-order valence-electron chi connectivity index (χ3n) is 3.20. The lowest BCUT2D eigenvalue weighted by molar-refractivity contribution is -0.139. The minimum absolute atomic E-state index is 0.0824. The van der Waals surface area contributed by atoms with Crippen LogP contribution in [0.4, 0.5) is 0 Å². The summed E-state index contributed by atoms with van der Waals surface area (Å²) in [6.45, 7) is 4.35. The number of hydrogen-bond acceptors (Lipinski definition) is 4. The first-order valence-corrected chi connectivity index (χ1v) is 7.00. The molecule has 0 radical (unpaired) electrons. The molecule has 0 aliphatic carbocycles. The van der Waals surface area contributed by atoms with Crippen molar-refractivity contribution in [2.24, 2.45) is 5.41 Å². The predicted molar refractivity (Wildman–Crippen MR) is 77.4 cm³/mol. The van der Waals surface area contributed by atoms with Crippen molar-refractivity contribution in [1.82, 2.24) is 0 Å². The number of hydrogen-bond donors (Lipinski definition) is 1. The van der Waals surface area contributed by atoms with Gasteiger partial charge in [0.05, 0.1) is 11.4 Å². The van der Waals surface area contributed by atoms with Crippen molar-refractivity contribution in [3.8, 4) is 11.5 Å². The Bertz CT molecular complexity index is 580. The molecule has 0 unspecified atom stereocenters. The van der Waals surface area contributed by atoms with Crippen molar-refractivity contribution in [3.05, 3.63) is 22.7 Å². The predicted octanol–water partition coefficient (Wildman–Crippen LogP) is 3.18. The van der Waals surface area contributed by atoms with Gasteiger partial charge in [-0.1, -0.05) is 25.4 Å². The van der Waals surface area contributed by atoms with Gasteiger partial charge in [0.2, 0.25) is 0 Å². The molecular weight excluding hydrogens is 296 g/mol. The summed E-state index contributed by atoms with van der Waals surface area (Å²) in [4.78, 5) is 23.2. The Labute approximate surface area is 127 Å². The van der Waals surface area contributed by atoms with Crippen molar-refractivity contribution < 1.29 is 24.2 Å². The van der Waals surface area contributed by atoms with Crippen molar-refractivity contribution in [2.75, 3.05) is 13.2 Å². The topological polar surface area (TPSA) is 72.8 Å². The van der Waals surface area contributed by atoms with E-state index >= 15 is 0 Å². The summed E-state index contributed by atoms with van der Waals surface area (Å²) in [5.41, 5.74) is -0.307. The molecule has 1 heterocycles. The summed E-state index contributed by atoms with van der Waals surface area (Å²) >= 11 is 6.12. The molecule has 1 aliphatic heterocycles. The number of ketones is 1. The van der Waals surface area contributed by atoms with E-state index in [9.17, 15) is 9.59 Å². The number of benzene rings is 1. The average molecular weight is 313 g/mol. The van der Waals surface area contributed by atoms with Gasteiger partial charge in [-0.25, -0.2) is 0 Å². The lowest BCUT2D eigenvalue weighted by atomic mass is 9.82. The van der Waals surface area contributed by atoms with E-state index in [-0.39, 0.29) is 23.6 Å². The van der Waals surface area contributed by atoms with E-state index in [2.05, 4.69) is 0 Å². The van der Waals surface area contributed by atoms with E-state index in [0.717, 1.165) is 0 Å². The molecule has 5 nitrogen and oxygen atoms in total. The summed E-state index contributed by atoms with van der Waals surface area (Å²) in [5, 5.41) is 9.16. The van der Waals surface area contributed by atoms with Gasteiger partial charge in [0.15, 0.2) is 17.3 Å². The number of carboxylic acids is 1. The van der Waals surface area contributed by atoms with Gasteiger partial charge in [0.25, 0.3) is 0 Å². The molecule has 0 bridgehead atoms. The SMILES string of the molecule is CC(C)(CC(=O)O)CC(=O)c1cc2c(cc1Cl)OCCO2.